The summed E-state index contributed by atoms with van der Waals surface area (Å²) in [6.07, 6.45) is 5.74. The van der Waals surface area contributed by atoms with E-state index >= 15 is 0 Å². The molecular weight excluding hydrogens is 352 g/mol. The van der Waals surface area contributed by atoms with Crippen molar-refractivity contribution in [3.63, 3.8) is 0 Å². The second kappa shape index (κ2) is 7.64. The molecular formula is C19H21BrN2O. The van der Waals surface area contributed by atoms with Gasteiger partial charge in [0, 0.05) is 41.1 Å². The van der Waals surface area contributed by atoms with Crippen LogP contribution in [0.25, 0.3) is 0 Å². The van der Waals surface area contributed by atoms with Crippen LogP contribution < -0.4 is 9.64 Å². The van der Waals surface area contributed by atoms with Crippen molar-refractivity contribution in [2.45, 2.75) is 19.3 Å². The number of hydrogen-bond donors (Lipinski definition) is 0. The smallest absolute Gasteiger partial charge is 0.129 e. The molecule has 0 saturated carbocycles. The Balaban J connectivity index is 1.82. The van der Waals surface area contributed by atoms with Crippen molar-refractivity contribution in [2.75, 3.05) is 25.1 Å². The lowest BCUT2D eigenvalue weighted by Gasteiger charge is -2.29. The first kappa shape index (κ1) is 16.1. The van der Waals surface area contributed by atoms with E-state index in [1.807, 2.05) is 30.5 Å². The number of aliphatic imine (C=N–C) groups is 1. The lowest BCUT2D eigenvalue weighted by molar-refractivity contribution is 0.414. The molecule has 1 saturated heterocycles. The molecule has 0 N–H and O–H groups in total. The predicted molar refractivity (Wildman–Crippen MR) is 100 cm³/mol. The Labute approximate surface area is 146 Å². The van der Waals surface area contributed by atoms with Crippen LogP contribution in [-0.2, 0) is 0 Å². The number of nitrogens with zero attached hydrogens (tertiary/aromatic N) is 2. The highest BCUT2D eigenvalue weighted by atomic mass is 79.9. The minimum atomic E-state index is 0.867. The highest BCUT2D eigenvalue weighted by Gasteiger charge is 2.12. The Bertz CT molecular complexity index is 694. The van der Waals surface area contributed by atoms with Gasteiger partial charge in [0.2, 0.25) is 0 Å². The summed E-state index contributed by atoms with van der Waals surface area (Å²) < 4.78 is 6.59. The average molecular weight is 373 g/mol. The number of hydrogen-bond acceptors (Lipinski definition) is 3. The van der Waals surface area contributed by atoms with Gasteiger partial charge in [-0.1, -0.05) is 22.0 Å². The number of halogens is 1. The fourth-order valence-electron chi connectivity index (χ4n) is 2.86. The SMILES string of the molecule is COc1cc(N2CCCCC2)ccc1C=Nc1cccc(Br)c1. The van der Waals surface area contributed by atoms with Crippen LogP contribution in [0.1, 0.15) is 24.8 Å². The third kappa shape index (κ3) is 4.14. The molecule has 0 spiro atoms. The van der Waals surface area contributed by atoms with E-state index in [1.165, 1.54) is 24.9 Å². The molecule has 0 aromatic heterocycles. The summed E-state index contributed by atoms with van der Waals surface area (Å²) in [5.41, 5.74) is 3.15. The zero-order valence-electron chi connectivity index (χ0n) is 13.3. The fraction of sp³-hybridized carbons (Fsp3) is 0.316. The molecule has 0 atom stereocenters. The van der Waals surface area contributed by atoms with E-state index in [4.69, 9.17) is 4.74 Å². The average Bonchev–Trinajstić information content (AvgIpc) is 2.60. The summed E-state index contributed by atoms with van der Waals surface area (Å²) in [6.45, 7) is 2.27. The standard InChI is InChI=1S/C19H21BrN2O/c1-23-19-13-18(22-10-3-2-4-11-22)9-8-15(19)14-21-17-7-5-6-16(20)12-17/h5-9,12-14H,2-4,10-11H2,1H3. The van der Waals surface area contributed by atoms with Gasteiger partial charge in [0.25, 0.3) is 0 Å². The second-order valence-corrected chi connectivity index (χ2v) is 6.63. The van der Waals surface area contributed by atoms with Crippen LogP contribution in [0.2, 0.25) is 0 Å². The van der Waals surface area contributed by atoms with Gasteiger partial charge in [-0.3, -0.25) is 4.99 Å². The first-order chi connectivity index (χ1) is 11.3. The first-order valence-corrected chi connectivity index (χ1v) is 8.78. The molecule has 4 heteroatoms. The van der Waals surface area contributed by atoms with Gasteiger partial charge in [0.15, 0.2) is 0 Å². The monoisotopic (exact) mass is 372 g/mol. The predicted octanol–water partition coefficient (Wildman–Crippen LogP) is 5.20. The Hall–Kier alpha value is -1.81. The molecule has 2 aromatic carbocycles. The number of benzene rings is 2. The summed E-state index contributed by atoms with van der Waals surface area (Å²) in [4.78, 5) is 6.97. The molecule has 3 nitrogen and oxygen atoms in total. The van der Waals surface area contributed by atoms with Crippen LogP contribution in [0.4, 0.5) is 11.4 Å². The van der Waals surface area contributed by atoms with Gasteiger partial charge in [0.1, 0.15) is 5.75 Å². The summed E-state index contributed by atoms with van der Waals surface area (Å²) in [7, 11) is 1.71. The maximum Gasteiger partial charge on any atom is 0.129 e. The van der Waals surface area contributed by atoms with Crippen LogP contribution >= 0.6 is 15.9 Å². The summed E-state index contributed by atoms with van der Waals surface area (Å²) in [5, 5.41) is 0. The van der Waals surface area contributed by atoms with Crippen molar-refractivity contribution in [2.24, 2.45) is 4.99 Å². The number of rotatable bonds is 4. The summed E-state index contributed by atoms with van der Waals surface area (Å²) in [6, 6.07) is 14.3. The zero-order valence-corrected chi connectivity index (χ0v) is 14.9. The summed E-state index contributed by atoms with van der Waals surface area (Å²) in [5.74, 6) is 0.867. The van der Waals surface area contributed by atoms with E-state index in [1.54, 1.807) is 7.11 Å². The van der Waals surface area contributed by atoms with E-state index in [0.29, 0.717) is 0 Å². The Morgan fingerprint density at radius 2 is 1.91 bits per heavy atom. The molecule has 0 bridgehead atoms. The molecule has 0 aliphatic carbocycles. The number of methoxy groups -OCH3 is 1. The van der Waals surface area contributed by atoms with Crippen LogP contribution in [-0.4, -0.2) is 26.4 Å². The van der Waals surface area contributed by atoms with Crippen molar-refractivity contribution in [3.05, 3.63) is 52.5 Å². The van der Waals surface area contributed by atoms with Gasteiger partial charge in [0.05, 0.1) is 12.8 Å². The molecule has 120 valence electrons. The van der Waals surface area contributed by atoms with Gasteiger partial charge in [-0.15, -0.1) is 0 Å². The fourth-order valence-corrected chi connectivity index (χ4v) is 3.24. The summed E-state index contributed by atoms with van der Waals surface area (Å²) >= 11 is 3.47. The molecule has 23 heavy (non-hydrogen) atoms. The molecule has 1 aliphatic rings. The molecule has 0 radical (unpaired) electrons. The molecule has 1 fully saturated rings. The van der Waals surface area contributed by atoms with Crippen LogP contribution in [0, 0.1) is 0 Å². The maximum absolute atomic E-state index is 5.56. The Kier molecular flexibility index (Phi) is 5.34. The van der Waals surface area contributed by atoms with Gasteiger partial charge in [-0.2, -0.15) is 0 Å². The molecule has 2 aromatic rings. The first-order valence-electron chi connectivity index (χ1n) is 7.99. The largest absolute Gasteiger partial charge is 0.496 e. The van der Waals surface area contributed by atoms with Crippen molar-refractivity contribution >= 4 is 33.5 Å². The lowest BCUT2D eigenvalue weighted by atomic mass is 10.1. The Morgan fingerprint density at radius 3 is 2.65 bits per heavy atom. The molecule has 0 amide bonds. The van der Waals surface area contributed by atoms with Gasteiger partial charge >= 0.3 is 0 Å². The number of ether oxygens (including phenoxy) is 1. The number of anilines is 1. The minimum Gasteiger partial charge on any atom is -0.496 e. The van der Waals surface area contributed by atoms with E-state index < -0.39 is 0 Å². The highest BCUT2D eigenvalue weighted by Crippen LogP contribution is 2.27. The van der Waals surface area contributed by atoms with Crippen LogP contribution in [0.15, 0.2) is 51.9 Å². The van der Waals surface area contributed by atoms with Crippen LogP contribution in [0.5, 0.6) is 5.75 Å². The van der Waals surface area contributed by atoms with E-state index in [2.05, 4.69) is 44.0 Å². The lowest BCUT2D eigenvalue weighted by Crippen LogP contribution is -2.29. The quantitative estimate of drug-likeness (QED) is 0.689. The molecule has 0 unspecified atom stereocenters. The van der Waals surface area contributed by atoms with E-state index in [0.717, 1.165) is 34.6 Å². The third-order valence-electron chi connectivity index (χ3n) is 4.10. The Morgan fingerprint density at radius 1 is 1.09 bits per heavy atom. The van der Waals surface area contributed by atoms with E-state index in [-0.39, 0.29) is 0 Å². The van der Waals surface area contributed by atoms with Crippen LogP contribution in [0.3, 0.4) is 0 Å². The molecule has 1 aliphatic heterocycles. The van der Waals surface area contributed by atoms with Crippen molar-refractivity contribution in [1.29, 1.82) is 0 Å². The van der Waals surface area contributed by atoms with Crippen molar-refractivity contribution < 1.29 is 4.74 Å². The van der Waals surface area contributed by atoms with Gasteiger partial charge < -0.3 is 9.64 Å². The molecule has 1 heterocycles. The highest BCUT2D eigenvalue weighted by molar-refractivity contribution is 9.10. The molecule has 3 rings (SSSR count). The zero-order chi connectivity index (χ0) is 16.1. The van der Waals surface area contributed by atoms with E-state index in [9.17, 15) is 0 Å². The normalized spacial score (nSPS) is 15.1. The topological polar surface area (TPSA) is 24.8 Å². The maximum atomic E-state index is 5.56. The second-order valence-electron chi connectivity index (χ2n) is 5.71. The van der Waals surface area contributed by atoms with Crippen molar-refractivity contribution in [3.8, 4) is 5.75 Å². The minimum absolute atomic E-state index is 0.867. The van der Waals surface area contributed by atoms with Gasteiger partial charge in [-0.25, -0.2) is 0 Å². The van der Waals surface area contributed by atoms with Gasteiger partial charge in [-0.05, 0) is 49.6 Å². The van der Waals surface area contributed by atoms with Crippen molar-refractivity contribution in [1.82, 2.24) is 0 Å². The number of piperidine rings is 1. The third-order valence-corrected chi connectivity index (χ3v) is 4.59.